The molecule has 0 aromatic heterocycles. The first kappa shape index (κ1) is 11.9. The lowest BCUT2D eigenvalue weighted by atomic mass is 10.1. The van der Waals surface area contributed by atoms with Gasteiger partial charge in [-0.25, -0.2) is 4.79 Å². The van der Waals surface area contributed by atoms with Gasteiger partial charge in [-0.1, -0.05) is 23.7 Å². The minimum absolute atomic E-state index is 0.0104. The van der Waals surface area contributed by atoms with Crippen LogP contribution < -0.4 is 0 Å². The molecule has 0 radical (unpaired) electrons. The lowest BCUT2D eigenvalue weighted by Gasteiger charge is -2.10. The number of carbonyl (C=O) groups is 1. The molecule has 0 heterocycles. The van der Waals surface area contributed by atoms with Gasteiger partial charge in [0.2, 0.25) is 0 Å². The first-order valence-electron chi connectivity index (χ1n) is 4.27. The molecule has 0 aliphatic heterocycles. The fourth-order valence-electron chi connectivity index (χ4n) is 1.06. The first-order valence-corrected chi connectivity index (χ1v) is 4.65. The fraction of sp³-hybridized carbons (Fsp3) is 0.300. The average Bonchev–Trinajstić information content (AvgIpc) is 2.17. The molecule has 0 fully saturated rings. The molecule has 0 saturated carbocycles. The van der Waals surface area contributed by atoms with Crippen molar-refractivity contribution in [1.82, 2.24) is 0 Å². The topological polar surface area (TPSA) is 37.3 Å². The van der Waals surface area contributed by atoms with Crippen LogP contribution in [0.5, 0.6) is 0 Å². The third-order valence-corrected chi connectivity index (χ3v) is 2.21. The Bertz CT molecular complexity index is 349. The standard InChI is InChI=1S/C10H9ClF2O2/c11-8-3-1-7(2-4-8)5-6-10(12,13)9(14)15/h1-4H,5-6H2,(H,14,15). The van der Waals surface area contributed by atoms with Crippen molar-refractivity contribution in [3.05, 3.63) is 34.9 Å². The second-order valence-electron chi connectivity index (χ2n) is 3.14. The lowest BCUT2D eigenvalue weighted by molar-refractivity contribution is -0.165. The van der Waals surface area contributed by atoms with Gasteiger partial charge in [0.1, 0.15) is 0 Å². The molecule has 82 valence electrons. The summed E-state index contributed by atoms with van der Waals surface area (Å²) in [5.41, 5.74) is 0.639. The van der Waals surface area contributed by atoms with E-state index >= 15 is 0 Å². The highest BCUT2D eigenvalue weighted by atomic mass is 35.5. The molecule has 0 spiro atoms. The molecule has 1 rings (SSSR count). The van der Waals surface area contributed by atoms with Crippen LogP contribution in [0.15, 0.2) is 24.3 Å². The molecule has 15 heavy (non-hydrogen) atoms. The summed E-state index contributed by atoms with van der Waals surface area (Å²) in [7, 11) is 0. The Hall–Kier alpha value is -1.16. The van der Waals surface area contributed by atoms with Crippen molar-refractivity contribution in [2.75, 3.05) is 0 Å². The molecule has 0 atom stereocenters. The molecule has 1 N–H and O–H groups in total. The van der Waals surface area contributed by atoms with Crippen LogP contribution in [0.25, 0.3) is 0 Å². The summed E-state index contributed by atoms with van der Waals surface area (Å²) in [4.78, 5) is 10.1. The highest BCUT2D eigenvalue weighted by Crippen LogP contribution is 2.21. The highest BCUT2D eigenvalue weighted by molar-refractivity contribution is 6.30. The smallest absolute Gasteiger partial charge is 0.374 e. The summed E-state index contributed by atoms with van der Waals surface area (Å²) in [5.74, 6) is -5.75. The maximum absolute atomic E-state index is 12.7. The summed E-state index contributed by atoms with van der Waals surface area (Å²) >= 11 is 5.61. The van der Waals surface area contributed by atoms with E-state index in [2.05, 4.69) is 0 Å². The second-order valence-corrected chi connectivity index (χ2v) is 3.57. The van der Waals surface area contributed by atoms with Gasteiger partial charge in [0, 0.05) is 11.4 Å². The van der Waals surface area contributed by atoms with Crippen molar-refractivity contribution in [3.63, 3.8) is 0 Å². The van der Waals surface area contributed by atoms with Gasteiger partial charge in [0.25, 0.3) is 0 Å². The molecule has 0 saturated heterocycles. The Morgan fingerprint density at radius 1 is 1.33 bits per heavy atom. The number of carboxylic acid groups (broad SMARTS) is 1. The molecule has 1 aromatic carbocycles. The predicted molar refractivity (Wildman–Crippen MR) is 52.4 cm³/mol. The van der Waals surface area contributed by atoms with Crippen LogP contribution in [0.3, 0.4) is 0 Å². The van der Waals surface area contributed by atoms with Crippen LogP contribution in [0, 0.1) is 0 Å². The summed E-state index contributed by atoms with van der Waals surface area (Å²) in [6, 6.07) is 6.35. The van der Waals surface area contributed by atoms with Crippen LogP contribution in [0.1, 0.15) is 12.0 Å². The number of hydrogen-bond donors (Lipinski definition) is 1. The van der Waals surface area contributed by atoms with Crippen molar-refractivity contribution < 1.29 is 18.7 Å². The van der Waals surface area contributed by atoms with E-state index in [1.807, 2.05) is 0 Å². The van der Waals surface area contributed by atoms with Gasteiger partial charge in [0.05, 0.1) is 0 Å². The molecule has 0 aliphatic rings. The second kappa shape index (κ2) is 4.57. The Balaban J connectivity index is 2.57. The molecule has 2 nitrogen and oxygen atoms in total. The normalized spacial score (nSPS) is 11.4. The zero-order chi connectivity index (χ0) is 11.5. The maximum atomic E-state index is 12.7. The van der Waals surface area contributed by atoms with Gasteiger partial charge in [-0.2, -0.15) is 8.78 Å². The van der Waals surface area contributed by atoms with Gasteiger partial charge >= 0.3 is 11.9 Å². The molecular formula is C10H9ClF2O2. The fourth-order valence-corrected chi connectivity index (χ4v) is 1.19. The van der Waals surface area contributed by atoms with E-state index in [1.54, 1.807) is 24.3 Å². The number of rotatable bonds is 4. The molecule has 0 unspecified atom stereocenters. The molecular weight excluding hydrogens is 226 g/mol. The van der Waals surface area contributed by atoms with Crippen molar-refractivity contribution >= 4 is 17.6 Å². The number of halogens is 3. The van der Waals surface area contributed by atoms with E-state index in [4.69, 9.17) is 16.7 Å². The molecule has 0 bridgehead atoms. The van der Waals surface area contributed by atoms with Gasteiger partial charge in [-0.3, -0.25) is 0 Å². The SMILES string of the molecule is O=C(O)C(F)(F)CCc1ccc(Cl)cc1. The predicted octanol–water partition coefficient (Wildman–Crippen LogP) is 2.99. The van der Waals surface area contributed by atoms with Crippen molar-refractivity contribution in [1.29, 1.82) is 0 Å². The number of benzene rings is 1. The Labute approximate surface area is 90.5 Å². The monoisotopic (exact) mass is 234 g/mol. The third-order valence-electron chi connectivity index (χ3n) is 1.95. The number of aliphatic carboxylic acids is 1. The van der Waals surface area contributed by atoms with E-state index in [0.717, 1.165) is 0 Å². The van der Waals surface area contributed by atoms with E-state index in [0.29, 0.717) is 10.6 Å². The maximum Gasteiger partial charge on any atom is 0.374 e. The Morgan fingerprint density at radius 3 is 2.33 bits per heavy atom. The van der Waals surface area contributed by atoms with E-state index < -0.39 is 18.3 Å². The van der Waals surface area contributed by atoms with Crippen LogP contribution in [0.4, 0.5) is 8.78 Å². The van der Waals surface area contributed by atoms with Crippen LogP contribution in [-0.4, -0.2) is 17.0 Å². The third kappa shape index (κ3) is 3.47. The number of carboxylic acids is 1. The van der Waals surface area contributed by atoms with E-state index in [9.17, 15) is 13.6 Å². The van der Waals surface area contributed by atoms with Gasteiger partial charge in [-0.15, -0.1) is 0 Å². The highest BCUT2D eigenvalue weighted by Gasteiger charge is 2.37. The first-order chi connectivity index (χ1) is 6.92. The quantitative estimate of drug-likeness (QED) is 0.870. The van der Waals surface area contributed by atoms with Crippen molar-refractivity contribution in [2.45, 2.75) is 18.8 Å². The van der Waals surface area contributed by atoms with E-state index in [-0.39, 0.29) is 6.42 Å². The van der Waals surface area contributed by atoms with Crippen LogP contribution >= 0.6 is 11.6 Å². The zero-order valence-corrected chi connectivity index (χ0v) is 8.47. The average molecular weight is 235 g/mol. The van der Waals surface area contributed by atoms with E-state index in [1.165, 1.54) is 0 Å². The molecule has 1 aromatic rings. The Morgan fingerprint density at radius 2 is 1.87 bits per heavy atom. The molecule has 0 aliphatic carbocycles. The van der Waals surface area contributed by atoms with Gasteiger partial charge in [-0.05, 0) is 24.1 Å². The number of alkyl halides is 2. The minimum atomic E-state index is -3.67. The summed E-state index contributed by atoms with van der Waals surface area (Å²) in [6.07, 6.45) is -0.694. The summed E-state index contributed by atoms with van der Waals surface area (Å²) < 4.78 is 25.4. The largest absolute Gasteiger partial charge is 0.477 e. The van der Waals surface area contributed by atoms with Crippen molar-refractivity contribution in [3.8, 4) is 0 Å². The lowest BCUT2D eigenvalue weighted by Crippen LogP contribution is -2.28. The summed E-state index contributed by atoms with van der Waals surface area (Å²) in [5, 5.41) is 8.71. The van der Waals surface area contributed by atoms with Crippen LogP contribution in [-0.2, 0) is 11.2 Å². The zero-order valence-electron chi connectivity index (χ0n) is 7.71. The molecule has 0 amide bonds. The Kier molecular flexibility index (Phi) is 3.63. The van der Waals surface area contributed by atoms with Crippen molar-refractivity contribution in [2.24, 2.45) is 0 Å². The minimum Gasteiger partial charge on any atom is -0.477 e. The number of hydrogen-bond acceptors (Lipinski definition) is 1. The molecule has 5 heteroatoms. The van der Waals surface area contributed by atoms with Gasteiger partial charge in [0.15, 0.2) is 0 Å². The number of aryl methyl sites for hydroxylation is 1. The van der Waals surface area contributed by atoms with Gasteiger partial charge < -0.3 is 5.11 Å². The van der Waals surface area contributed by atoms with Crippen LogP contribution in [0.2, 0.25) is 5.02 Å². The summed E-state index contributed by atoms with van der Waals surface area (Å²) in [6.45, 7) is 0.